The highest BCUT2D eigenvalue weighted by Crippen LogP contribution is 2.40. The maximum Gasteiger partial charge on any atom is 0.253 e. The number of carbonyl (C=O) groups excluding carboxylic acids is 2. The molecule has 6 heteroatoms. The lowest BCUT2D eigenvalue weighted by Gasteiger charge is -2.47. The van der Waals surface area contributed by atoms with Crippen molar-refractivity contribution in [2.24, 2.45) is 5.41 Å². The molecule has 0 saturated carbocycles. The Bertz CT molecular complexity index is 684. The molecule has 3 rings (SSSR count). The summed E-state index contributed by atoms with van der Waals surface area (Å²) in [7, 11) is 1.64. The minimum Gasteiger partial charge on any atom is -0.383 e. The predicted molar refractivity (Wildman–Crippen MR) is 96.4 cm³/mol. The van der Waals surface area contributed by atoms with Gasteiger partial charge in [-0.15, -0.1) is 0 Å². The molecule has 2 amide bonds. The first kappa shape index (κ1) is 18.8. The van der Waals surface area contributed by atoms with E-state index < -0.39 is 0 Å². The second kappa shape index (κ2) is 7.74. The first-order valence-corrected chi connectivity index (χ1v) is 9.26. The van der Waals surface area contributed by atoms with Crippen molar-refractivity contribution in [3.8, 4) is 0 Å². The fraction of sp³-hybridized carbons (Fsp3) is 0.600. The van der Waals surface area contributed by atoms with Crippen LogP contribution in [0, 0.1) is 18.2 Å². The predicted octanol–water partition coefficient (Wildman–Crippen LogP) is 2.63. The van der Waals surface area contributed by atoms with Gasteiger partial charge in [-0.2, -0.15) is 0 Å². The fourth-order valence-corrected chi connectivity index (χ4v) is 4.06. The quantitative estimate of drug-likeness (QED) is 0.827. The molecule has 0 N–H and O–H groups in total. The first-order valence-electron chi connectivity index (χ1n) is 9.26. The molecule has 0 aromatic heterocycles. The number of nitrogens with zero attached hydrogens (tertiary/aromatic N) is 2. The third kappa shape index (κ3) is 3.90. The van der Waals surface area contributed by atoms with E-state index >= 15 is 0 Å². The van der Waals surface area contributed by atoms with Gasteiger partial charge in [0.25, 0.3) is 5.91 Å². The molecule has 26 heavy (non-hydrogen) atoms. The molecule has 5 nitrogen and oxygen atoms in total. The van der Waals surface area contributed by atoms with Crippen LogP contribution < -0.4 is 0 Å². The Hall–Kier alpha value is -1.95. The largest absolute Gasteiger partial charge is 0.383 e. The minimum atomic E-state index is -0.290. The zero-order valence-corrected chi connectivity index (χ0v) is 15.6. The average molecular weight is 362 g/mol. The van der Waals surface area contributed by atoms with Crippen LogP contribution >= 0.6 is 0 Å². The maximum atomic E-state index is 13.4. The van der Waals surface area contributed by atoms with Crippen LogP contribution in [-0.4, -0.2) is 61.5 Å². The summed E-state index contributed by atoms with van der Waals surface area (Å²) >= 11 is 0. The normalized spacial score (nSPS) is 19.9. The number of aryl methyl sites for hydroxylation is 1. The van der Waals surface area contributed by atoms with Crippen molar-refractivity contribution >= 4 is 11.8 Å². The summed E-state index contributed by atoms with van der Waals surface area (Å²) in [6, 6.07) is 4.53. The molecule has 0 radical (unpaired) electrons. The summed E-state index contributed by atoms with van der Waals surface area (Å²) in [6.07, 6.45) is 3.27. The third-order valence-electron chi connectivity index (χ3n) is 5.83. The van der Waals surface area contributed by atoms with Crippen molar-refractivity contribution < 1.29 is 18.7 Å². The number of benzene rings is 1. The first-order chi connectivity index (χ1) is 12.4. The standard InChI is InChI=1S/C20H27FN2O3/c1-15-13-16(3-4-17(15)21)19(25)22-9-7-20(8-10-22)6-5-18(24)23(14-20)11-12-26-2/h3-4,13H,5-12,14H2,1-2H3. The van der Waals surface area contributed by atoms with Gasteiger partial charge in [-0.25, -0.2) is 4.39 Å². The van der Waals surface area contributed by atoms with Gasteiger partial charge in [0.05, 0.1) is 6.61 Å². The molecule has 2 saturated heterocycles. The van der Waals surface area contributed by atoms with E-state index in [1.54, 1.807) is 26.2 Å². The van der Waals surface area contributed by atoms with Gasteiger partial charge in [0.2, 0.25) is 5.91 Å². The molecule has 0 atom stereocenters. The van der Waals surface area contributed by atoms with Crippen molar-refractivity contribution in [3.05, 3.63) is 35.1 Å². The molecule has 2 aliphatic heterocycles. The molecule has 2 fully saturated rings. The van der Waals surface area contributed by atoms with Crippen molar-refractivity contribution in [1.29, 1.82) is 0 Å². The topological polar surface area (TPSA) is 49.9 Å². The Morgan fingerprint density at radius 2 is 2.00 bits per heavy atom. The van der Waals surface area contributed by atoms with Crippen LogP contribution in [0.4, 0.5) is 4.39 Å². The Morgan fingerprint density at radius 3 is 2.65 bits per heavy atom. The number of hydrogen-bond acceptors (Lipinski definition) is 3. The molecule has 142 valence electrons. The van der Waals surface area contributed by atoms with Crippen LogP contribution in [0.3, 0.4) is 0 Å². The van der Waals surface area contributed by atoms with Crippen LogP contribution in [0.5, 0.6) is 0 Å². The zero-order chi connectivity index (χ0) is 18.7. The zero-order valence-electron chi connectivity index (χ0n) is 15.6. The number of methoxy groups -OCH3 is 1. The van der Waals surface area contributed by atoms with Crippen LogP contribution in [0.25, 0.3) is 0 Å². The van der Waals surface area contributed by atoms with Gasteiger partial charge in [-0.05, 0) is 55.4 Å². The molecular formula is C20H27FN2O3. The summed E-state index contributed by atoms with van der Waals surface area (Å²) < 4.78 is 18.5. The number of hydrogen-bond donors (Lipinski definition) is 0. The Balaban J connectivity index is 1.62. The fourth-order valence-electron chi connectivity index (χ4n) is 4.06. The molecule has 0 bridgehead atoms. The second-order valence-electron chi connectivity index (χ2n) is 7.56. The Kier molecular flexibility index (Phi) is 5.61. The van der Waals surface area contributed by atoms with Crippen molar-refractivity contribution in [2.75, 3.05) is 39.9 Å². The lowest BCUT2D eigenvalue weighted by molar-refractivity contribution is -0.139. The Morgan fingerprint density at radius 1 is 1.27 bits per heavy atom. The van der Waals surface area contributed by atoms with Crippen LogP contribution in [0.1, 0.15) is 41.6 Å². The van der Waals surface area contributed by atoms with Crippen molar-refractivity contribution in [3.63, 3.8) is 0 Å². The van der Waals surface area contributed by atoms with E-state index in [1.165, 1.54) is 6.07 Å². The lowest BCUT2D eigenvalue weighted by Crippen LogP contribution is -2.52. The molecule has 1 aromatic carbocycles. The molecule has 0 unspecified atom stereocenters. The minimum absolute atomic E-state index is 0.0360. The van der Waals surface area contributed by atoms with Crippen LogP contribution in [0.15, 0.2) is 18.2 Å². The van der Waals surface area contributed by atoms with E-state index in [-0.39, 0.29) is 23.0 Å². The molecule has 0 aliphatic carbocycles. The molecular weight excluding hydrogens is 335 g/mol. The van der Waals surface area contributed by atoms with E-state index in [2.05, 4.69) is 0 Å². The summed E-state index contributed by atoms with van der Waals surface area (Å²) in [5, 5.41) is 0. The van der Waals surface area contributed by atoms with E-state index in [4.69, 9.17) is 4.74 Å². The summed E-state index contributed by atoms with van der Waals surface area (Å²) in [4.78, 5) is 28.6. The maximum absolute atomic E-state index is 13.4. The van der Waals surface area contributed by atoms with Gasteiger partial charge < -0.3 is 14.5 Å². The smallest absolute Gasteiger partial charge is 0.253 e. The lowest BCUT2D eigenvalue weighted by atomic mass is 9.72. The Labute approximate surface area is 154 Å². The summed E-state index contributed by atoms with van der Waals surface area (Å²) in [6.45, 7) is 4.98. The van der Waals surface area contributed by atoms with Gasteiger partial charge in [-0.1, -0.05) is 0 Å². The van der Waals surface area contributed by atoms with Gasteiger partial charge in [-0.3, -0.25) is 9.59 Å². The SMILES string of the molecule is COCCN1CC2(CCC1=O)CCN(C(=O)c1ccc(F)c(C)c1)CC2. The number of amides is 2. The van der Waals surface area contributed by atoms with Crippen molar-refractivity contribution in [1.82, 2.24) is 9.80 Å². The van der Waals surface area contributed by atoms with Gasteiger partial charge in [0.1, 0.15) is 5.82 Å². The highest BCUT2D eigenvalue weighted by molar-refractivity contribution is 5.94. The number of halogens is 1. The number of carbonyl (C=O) groups is 2. The van der Waals surface area contributed by atoms with Crippen molar-refractivity contribution in [2.45, 2.75) is 32.6 Å². The molecule has 2 heterocycles. The van der Waals surface area contributed by atoms with E-state index in [1.807, 2.05) is 9.80 Å². The monoisotopic (exact) mass is 362 g/mol. The van der Waals surface area contributed by atoms with Gasteiger partial charge in [0.15, 0.2) is 0 Å². The van der Waals surface area contributed by atoms with E-state index in [0.717, 1.165) is 25.8 Å². The number of rotatable bonds is 4. The summed E-state index contributed by atoms with van der Waals surface area (Å²) in [5.41, 5.74) is 1.14. The summed E-state index contributed by atoms with van der Waals surface area (Å²) in [5.74, 6) is -0.124. The second-order valence-corrected chi connectivity index (χ2v) is 7.56. The number of ether oxygens (including phenoxy) is 1. The van der Waals surface area contributed by atoms with E-state index in [0.29, 0.717) is 43.8 Å². The van der Waals surface area contributed by atoms with Gasteiger partial charge in [0, 0.05) is 45.3 Å². The van der Waals surface area contributed by atoms with Crippen LogP contribution in [0.2, 0.25) is 0 Å². The van der Waals surface area contributed by atoms with Gasteiger partial charge >= 0.3 is 0 Å². The number of piperidine rings is 2. The molecule has 1 aromatic rings. The highest BCUT2D eigenvalue weighted by atomic mass is 19.1. The average Bonchev–Trinajstić information content (AvgIpc) is 2.65. The van der Waals surface area contributed by atoms with Crippen LogP contribution in [-0.2, 0) is 9.53 Å². The van der Waals surface area contributed by atoms with E-state index in [9.17, 15) is 14.0 Å². The highest BCUT2D eigenvalue weighted by Gasteiger charge is 2.41. The number of likely N-dealkylation sites (tertiary alicyclic amines) is 2. The third-order valence-corrected chi connectivity index (χ3v) is 5.83. The molecule has 1 spiro atoms. The molecule has 2 aliphatic rings.